The Morgan fingerprint density at radius 2 is 1.79 bits per heavy atom. The Morgan fingerprint density at radius 3 is 2.51 bits per heavy atom. The van der Waals surface area contributed by atoms with E-state index in [1.807, 2.05) is 49.4 Å². The second-order valence-corrected chi connectivity index (χ2v) is 11.2. The van der Waals surface area contributed by atoms with E-state index in [4.69, 9.17) is 23.2 Å². The molecule has 1 saturated carbocycles. The van der Waals surface area contributed by atoms with Gasteiger partial charge in [0.2, 0.25) is 11.8 Å². The van der Waals surface area contributed by atoms with Gasteiger partial charge in [0.25, 0.3) is 5.91 Å². The van der Waals surface area contributed by atoms with Crippen LogP contribution in [0.2, 0.25) is 10.0 Å². The van der Waals surface area contributed by atoms with E-state index in [0.717, 1.165) is 47.7 Å². The van der Waals surface area contributed by atoms with Gasteiger partial charge >= 0.3 is 0 Å². The Kier molecular flexibility index (Phi) is 8.43. The third-order valence-electron chi connectivity index (χ3n) is 7.85. The first-order chi connectivity index (χ1) is 18.9. The fourth-order valence-corrected chi connectivity index (χ4v) is 6.18. The maximum Gasteiger partial charge on any atom is 0.258 e. The highest BCUT2D eigenvalue weighted by Gasteiger charge is 2.32. The highest BCUT2D eigenvalue weighted by Crippen LogP contribution is 2.37. The van der Waals surface area contributed by atoms with Crippen LogP contribution in [0.4, 0.5) is 5.69 Å². The average Bonchev–Trinajstić information content (AvgIpc) is 3.54. The third-order valence-corrected chi connectivity index (χ3v) is 8.58. The smallest absolute Gasteiger partial charge is 0.258 e. The minimum atomic E-state index is -0.598. The largest absolute Gasteiger partial charge is 0.352 e. The summed E-state index contributed by atoms with van der Waals surface area (Å²) < 4.78 is 0. The lowest BCUT2D eigenvalue weighted by Gasteiger charge is -2.32. The molecule has 1 heterocycles. The Balaban J connectivity index is 1.31. The van der Waals surface area contributed by atoms with Crippen molar-refractivity contribution in [3.05, 3.63) is 75.8 Å². The van der Waals surface area contributed by atoms with Gasteiger partial charge in [-0.1, -0.05) is 73.3 Å². The summed E-state index contributed by atoms with van der Waals surface area (Å²) in [7, 11) is 0. The number of nitrogens with one attached hydrogen (secondary N) is 1. The first-order valence-electron chi connectivity index (χ1n) is 13.7. The topological polar surface area (TPSA) is 69.7 Å². The lowest BCUT2D eigenvalue weighted by atomic mass is 10.1. The molecule has 6 nitrogen and oxygen atoms in total. The van der Waals surface area contributed by atoms with Crippen LogP contribution in [0.1, 0.15) is 67.8 Å². The van der Waals surface area contributed by atoms with E-state index in [1.54, 1.807) is 21.9 Å². The maximum absolute atomic E-state index is 13.7. The average molecular weight is 567 g/mol. The van der Waals surface area contributed by atoms with E-state index in [1.165, 1.54) is 0 Å². The van der Waals surface area contributed by atoms with Gasteiger partial charge in [0.15, 0.2) is 0 Å². The van der Waals surface area contributed by atoms with Crippen molar-refractivity contribution in [1.29, 1.82) is 0 Å². The predicted molar refractivity (Wildman–Crippen MR) is 156 cm³/mol. The second-order valence-electron chi connectivity index (χ2n) is 10.4. The molecular weight excluding hydrogens is 533 g/mol. The number of amides is 3. The number of hydrogen-bond donors (Lipinski definition) is 1. The second kappa shape index (κ2) is 12.0. The van der Waals surface area contributed by atoms with E-state index in [0.29, 0.717) is 35.0 Å². The van der Waals surface area contributed by atoms with Gasteiger partial charge in [-0.15, -0.1) is 0 Å². The van der Waals surface area contributed by atoms with E-state index in [2.05, 4.69) is 5.32 Å². The highest BCUT2D eigenvalue weighted by molar-refractivity contribution is 6.42. The fourth-order valence-electron chi connectivity index (χ4n) is 5.85. The van der Waals surface area contributed by atoms with Crippen molar-refractivity contribution in [3.8, 4) is 0 Å². The van der Waals surface area contributed by atoms with Gasteiger partial charge in [0.1, 0.15) is 6.04 Å². The molecule has 3 aromatic rings. The Bertz CT molecular complexity index is 1400. The molecule has 1 aliphatic heterocycles. The van der Waals surface area contributed by atoms with Crippen molar-refractivity contribution in [2.24, 2.45) is 0 Å². The molecule has 0 saturated heterocycles. The van der Waals surface area contributed by atoms with Crippen LogP contribution in [-0.2, 0) is 16.1 Å². The third kappa shape index (κ3) is 5.78. The Morgan fingerprint density at radius 1 is 1.05 bits per heavy atom. The molecule has 3 amide bonds. The van der Waals surface area contributed by atoms with Crippen molar-refractivity contribution < 1.29 is 14.4 Å². The van der Waals surface area contributed by atoms with Crippen LogP contribution < -0.4 is 10.2 Å². The van der Waals surface area contributed by atoms with Crippen LogP contribution >= 0.6 is 23.2 Å². The molecule has 1 unspecified atom stereocenters. The normalized spacial score (nSPS) is 15.7. The van der Waals surface area contributed by atoms with E-state index in [9.17, 15) is 14.4 Å². The van der Waals surface area contributed by atoms with Crippen LogP contribution in [0.15, 0.2) is 54.6 Å². The zero-order valence-electron chi connectivity index (χ0n) is 22.1. The number of anilines is 1. The molecule has 1 atom stereocenters. The molecule has 1 fully saturated rings. The van der Waals surface area contributed by atoms with Crippen LogP contribution in [0.25, 0.3) is 10.8 Å². The summed E-state index contributed by atoms with van der Waals surface area (Å²) in [6.07, 6.45) is 5.36. The van der Waals surface area contributed by atoms with Crippen LogP contribution in [0.5, 0.6) is 0 Å². The lowest BCUT2D eigenvalue weighted by Crippen LogP contribution is -2.51. The van der Waals surface area contributed by atoms with E-state index < -0.39 is 6.04 Å². The first-order valence-corrected chi connectivity index (χ1v) is 14.5. The molecule has 2 aliphatic rings. The number of halogens is 2. The van der Waals surface area contributed by atoms with Gasteiger partial charge in [-0.25, -0.2) is 0 Å². The molecule has 0 aromatic heterocycles. The summed E-state index contributed by atoms with van der Waals surface area (Å²) in [6.45, 7) is 2.60. The summed E-state index contributed by atoms with van der Waals surface area (Å²) >= 11 is 12.4. The minimum absolute atomic E-state index is 0.0377. The number of rotatable bonds is 10. The summed E-state index contributed by atoms with van der Waals surface area (Å²) in [6, 6.07) is 16.5. The standard InChI is InChI=1S/C31H33Cl2N3O3/c1-2-26(30(38)34-22-10-3-4-11-22)36(19-20-15-16-24(32)25(33)18-20)28(37)14-7-17-35-27-13-6-9-21-8-5-12-23(29(21)27)31(35)39/h5-6,8-9,12-13,15-16,18,22,26H,2-4,7,10-11,14,17,19H2,1H3,(H,34,38). The monoisotopic (exact) mass is 565 g/mol. The van der Waals surface area contributed by atoms with Crippen molar-refractivity contribution in [3.63, 3.8) is 0 Å². The molecule has 39 heavy (non-hydrogen) atoms. The molecule has 3 aromatic carbocycles. The number of hydrogen-bond acceptors (Lipinski definition) is 3. The zero-order valence-corrected chi connectivity index (χ0v) is 23.6. The van der Waals surface area contributed by atoms with Crippen LogP contribution in [0.3, 0.4) is 0 Å². The van der Waals surface area contributed by atoms with Crippen LogP contribution in [0, 0.1) is 0 Å². The van der Waals surface area contributed by atoms with E-state index in [-0.39, 0.29) is 36.7 Å². The minimum Gasteiger partial charge on any atom is -0.352 e. The van der Waals surface area contributed by atoms with Gasteiger partial charge in [0.05, 0.1) is 15.7 Å². The van der Waals surface area contributed by atoms with Crippen LogP contribution in [-0.4, -0.2) is 41.2 Å². The molecule has 0 spiro atoms. The molecule has 0 bridgehead atoms. The highest BCUT2D eigenvalue weighted by atomic mass is 35.5. The number of nitrogens with zero attached hydrogens (tertiary/aromatic N) is 2. The molecule has 8 heteroatoms. The molecule has 0 radical (unpaired) electrons. The van der Waals surface area contributed by atoms with Gasteiger partial charge < -0.3 is 15.1 Å². The Hall–Kier alpha value is -3.09. The van der Waals surface area contributed by atoms with Gasteiger partial charge in [-0.2, -0.15) is 0 Å². The molecule has 5 rings (SSSR count). The molecule has 1 aliphatic carbocycles. The summed E-state index contributed by atoms with van der Waals surface area (Å²) in [4.78, 5) is 43.6. The first kappa shape index (κ1) is 27.5. The fraction of sp³-hybridized carbons (Fsp3) is 0.387. The summed E-state index contributed by atoms with van der Waals surface area (Å²) in [5.41, 5.74) is 2.39. The van der Waals surface area contributed by atoms with Crippen molar-refractivity contribution in [2.75, 3.05) is 11.4 Å². The number of carbonyl (C=O) groups is 3. The summed E-state index contributed by atoms with van der Waals surface area (Å²) in [5.74, 6) is -0.282. The van der Waals surface area contributed by atoms with E-state index >= 15 is 0 Å². The SMILES string of the molecule is CCC(C(=O)NC1CCCC1)N(Cc1ccc(Cl)c(Cl)c1)C(=O)CCCN1C(=O)c2cccc3cccc1c23. The Labute approximate surface area is 239 Å². The van der Waals surface area contributed by atoms with Crippen molar-refractivity contribution >= 4 is 57.4 Å². The number of benzene rings is 3. The molecular formula is C31H33Cl2N3O3. The lowest BCUT2D eigenvalue weighted by molar-refractivity contribution is -0.141. The number of carbonyl (C=O) groups excluding carboxylic acids is 3. The maximum atomic E-state index is 13.7. The van der Waals surface area contributed by atoms with Gasteiger partial charge in [0, 0.05) is 36.5 Å². The predicted octanol–water partition coefficient (Wildman–Crippen LogP) is 6.75. The summed E-state index contributed by atoms with van der Waals surface area (Å²) in [5, 5.41) is 6.01. The van der Waals surface area contributed by atoms with Gasteiger partial charge in [-0.05, 0) is 60.9 Å². The van der Waals surface area contributed by atoms with Crippen molar-refractivity contribution in [1.82, 2.24) is 10.2 Å². The quantitative estimate of drug-likeness (QED) is 0.295. The molecule has 204 valence electrons. The zero-order chi connectivity index (χ0) is 27.5. The van der Waals surface area contributed by atoms with Crippen molar-refractivity contribution in [2.45, 2.75) is 70.5 Å². The van der Waals surface area contributed by atoms with Gasteiger partial charge in [-0.3, -0.25) is 14.4 Å². The molecule has 1 N–H and O–H groups in total.